The molecule has 90 valence electrons. The largest absolute Gasteiger partial charge is 0.370 e. The molecule has 0 aliphatic rings. The fourth-order valence-electron chi connectivity index (χ4n) is 1.24. The van der Waals surface area contributed by atoms with E-state index in [4.69, 9.17) is 0 Å². The van der Waals surface area contributed by atoms with Gasteiger partial charge in [0.1, 0.15) is 18.0 Å². The maximum absolute atomic E-state index is 4.63. The van der Waals surface area contributed by atoms with Crippen LogP contribution in [0.3, 0.4) is 0 Å². The van der Waals surface area contributed by atoms with Gasteiger partial charge in [0.05, 0.1) is 6.54 Å². The summed E-state index contributed by atoms with van der Waals surface area (Å²) in [6, 6.07) is 1.84. The smallest absolute Gasteiger partial charge is 0.213 e. The highest BCUT2D eigenvalue weighted by Gasteiger charge is 2.00. The van der Waals surface area contributed by atoms with Crippen molar-refractivity contribution in [3.05, 3.63) is 24.6 Å². The van der Waals surface area contributed by atoms with E-state index < -0.39 is 0 Å². The number of aromatic nitrogens is 4. The van der Waals surface area contributed by atoms with Crippen molar-refractivity contribution in [1.29, 1.82) is 0 Å². The second-order valence-electron chi connectivity index (χ2n) is 3.42. The van der Waals surface area contributed by atoms with Crippen molar-refractivity contribution in [3.8, 4) is 0 Å². The first-order valence-electron chi connectivity index (χ1n) is 5.43. The molecule has 0 bridgehead atoms. The number of rotatable bonds is 6. The molecule has 2 aromatic heterocycles. The van der Waals surface area contributed by atoms with E-state index in [9.17, 15) is 0 Å². The van der Waals surface area contributed by atoms with Gasteiger partial charge in [0.25, 0.3) is 0 Å². The van der Waals surface area contributed by atoms with Gasteiger partial charge in [-0.05, 0) is 6.42 Å². The van der Waals surface area contributed by atoms with Gasteiger partial charge in [0.2, 0.25) is 6.39 Å². The minimum absolute atomic E-state index is 0.473. The molecule has 0 radical (unpaired) electrons. The summed E-state index contributed by atoms with van der Waals surface area (Å²) in [7, 11) is 0. The van der Waals surface area contributed by atoms with Gasteiger partial charge in [0.15, 0.2) is 5.82 Å². The van der Waals surface area contributed by atoms with Crippen LogP contribution < -0.4 is 10.6 Å². The molecule has 0 unspecified atom stereocenters. The first-order valence-corrected chi connectivity index (χ1v) is 5.43. The van der Waals surface area contributed by atoms with Gasteiger partial charge < -0.3 is 15.2 Å². The van der Waals surface area contributed by atoms with Crippen LogP contribution in [0.4, 0.5) is 11.6 Å². The fourth-order valence-corrected chi connectivity index (χ4v) is 1.24. The highest BCUT2D eigenvalue weighted by molar-refractivity contribution is 5.46. The average Bonchev–Trinajstić information content (AvgIpc) is 2.87. The van der Waals surface area contributed by atoms with Gasteiger partial charge in [-0.25, -0.2) is 9.97 Å². The fraction of sp³-hybridized carbons (Fsp3) is 0.400. The molecule has 2 heterocycles. The highest BCUT2D eigenvalue weighted by Crippen LogP contribution is 2.09. The Kier molecular flexibility index (Phi) is 3.85. The highest BCUT2D eigenvalue weighted by atomic mass is 16.5. The van der Waals surface area contributed by atoms with Crippen molar-refractivity contribution >= 4 is 11.6 Å². The monoisotopic (exact) mass is 234 g/mol. The average molecular weight is 234 g/mol. The Morgan fingerprint density at radius 1 is 1.18 bits per heavy atom. The van der Waals surface area contributed by atoms with Crippen molar-refractivity contribution in [2.45, 2.75) is 19.9 Å². The zero-order valence-corrected chi connectivity index (χ0v) is 9.55. The Morgan fingerprint density at radius 2 is 2.00 bits per heavy atom. The summed E-state index contributed by atoms with van der Waals surface area (Å²) in [6.07, 6.45) is 3.86. The van der Waals surface area contributed by atoms with Crippen molar-refractivity contribution < 1.29 is 4.52 Å². The molecule has 0 atom stereocenters. The molecule has 0 amide bonds. The van der Waals surface area contributed by atoms with Crippen LogP contribution in [0, 0.1) is 0 Å². The molecule has 2 N–H and O–H groups in total. The van der Waals surface area contributed by atoms with Gasteiger partial charge in [-0.15, -0.1) is 0 Å². The summed E-state index contributed by atoms with van der Waals surface area (Å²) in [5, 5.41) is 9.97. The van der Waals surface area contributed by atoms with E-state index in [2.05, 4.69) is 42.2 Å². The van der Waals surface area contributed by atoms with Crippen LogP contribution in [0.1, 0.15) is 19.2 Å². The van der Waals surface area contributed by atoms with Gasteiger partial charge in [-0.2, -0.15) is 4.98 Å². The molecule has 0 saturated carbocycles. The molecule has 0 aliphatic heterocycles. The van der Waals surface area contributed by atoms with E-state index in [1.807, 2.05) is 6.07 Å². The van der Waals surface area contributed by atoms with Crippen LogP contribution >= 0.6 is 0 Å². The summed E-state index contributed by atoms with van der Waals surface area (Å²) < 4.78 is 4.63. The summed E-state index contributed by atoms with van der Waals surface area (Å²) in [5.74, 6) is 2.12. The number of hydrogen-bond donors (Lipinski definition) is 2. The van der Waals surface area contributed by atoms with Crippen molar-refractivity contribution in [2.75, 3.05) is 17.2 Å². The van der Waals surface area contributed by atoms with Gasteiger partial charge in [0, 0.05) is 12.6 Å². The third-order valence-electron chi connectivity index (χ3n) is 2.06. The first kappa shape index (κ1) is 11.3. The molecule has 2 rings (SSSR count). The minimum Gasteiger partial charge on any atom is -0.370 e. The van der Waals surface area contributed by atoms with Crippen LogP contribution in [0.25, 0.3) is 0 Å². The Balaban J connectivity index is 1.91. The number of hydrogen-bond acceptors (Lipinski definition) is 7. The second kappa shape index (κ2) is 5.78. The van der Waals surface area contributed by atoms with Crippen molar-refractivity contribution in [2.24, 2.45) is 0 Å². The van der Waals surface area contributed by atoms with E-state index in [1.165, 1.54) is 12.7 Å². The van der Waals surface area contributed by atoms with Crippen LogP contribution in [-0.4, -0.2) is 26.7 Å². The molecule has 0 fully saturated rings. The van der Waals surface area contributed by atoms with Gasteiger partial charge in [-0.1, -0.05) is 12.1 Å². The van der Waals surface area contributed by atoms with E-state index >= 15 is 0 Å². The minimum atomic E-state index is 0.473. The maximum Gasteiger partial charge on any atom is 0.213 e. The lowest BCUT2D eigenvalue weighted by Gasteiger charge is -2.06. The summed E-state index contributed by atoms with van der Waals surface area (Å²) >= 11 is 0. The first-order chi connectivity index (χ1) is 8.38. The van der Waals surface area contributed by atoms with Crippen LogP contribution in [-0.2, 0) is 6.54 Å². The summed E-state index contributed by atoms with van der Waals surface area (Å²) in [4.78, 5) is 12.1. The Bertz CT molecular complexity index is 444. The Morgan fingerprint density at radius 3 is 2.71 bits per heavy atom. The molecule has 0 saturated heterocycles. The van der Waals surface area contributed by atoms with Gasteiger partial charge in [-0.3, -0.25) is 0 Å². The second-order valence-corrected chi connectivity index (χ2v) is 3.42. The molecular formula is C10H14N6O. The third kappa shape index (κ3) is 3.40. The third-order valence-corrected chi connectivity index (χ3v) is 2.06. The number of nitrogens with zero attached hydrogens (tertiary/aromatic N) is 4. The van der Waals surface area contributed by atoms with Crippen LogP contribution in [0.2, 0.25) is 0 Å². The van der Waals surface area contributed by atoms with E-state index in [0.29, 0.717) is 12.4 Å². The van der Waals surface area contributed by atoms with Crippen LogP contribution in [0.15, 0.2) is 23.3 Å². The Hall–Kier alpha value is -2.18. The lowest BCUT2D eigenvalue weighted by Crippen LogP contribution is -2.06. The normalized spacial score (nSPS) is 10.2. The lowest BCUT2D eigenvalue weighted by atomic mass is 10.4. The molecule has 0 spiro atoms. The molecule has 0 aliphatic carbocycles. The molecule has 7 heteroatoms. The van der Waals surface area contributed by atoms with E-state index in [0.717, 1.165) is 24.6 Å². The standard InChI is InChI=1S/C10H14N6O/c1-2-3-11-8-4-9(14-6-13-8)12-5-10-15-7-17-16-10/h4,6-7H,2-3,5H2,1H3,(H2,11,12,13,14). The maximum atomic E-state index is 4.63. The lowest BCUT2D eigenvalue weighted by molar-refractivity contribution is 0.411. The molecule has 2 aromatic rings. The van der Waals surface area contributed by atoms with Crippen molar-refractivity contribution in [1.82, 2.24) is 20.1 Å². The predicted octanol–water partition coefficient (Wildman–Crippen LogP) is 1.29. The Labute approximate surface area is 98.7 Å². The number of anilines is 2. The zero-order valence-electron chi connectivity index (χ0n) is 9.55. The van der Waals surface area contributed by atoms with E-state index in [1.54, 1.807) is 0 Å². The zero-order chi connectivity index (χ0) is 11.9. The summed E-state index contributed by atoms with van der Waals surface area (Å²) in [5.41, 5.74) is 0. The quantitative estimate of drug-likeness (QED) is 0.778. The molecule has 0 aromatic carbocycles. The van der Waals surface area contributed by atoms with Gasteiger partial charge >= 0.3 is 0 Å². The topological polar surface area (TPSA) is 88.8 Å². The molecule has 17 heavy (non-hydrogen) atoms. The van der Waals surface area contributed by atoms with Crippen LogP contribution in [0.5, 0.6) is 0 Å². The van der Waals surface area contributed by atoms with Crippen molar-refractivity contribution in [3.63, 3.8) is 0 Å². The molecular weight excluding hydrogens is 220 g/mol. The van der Waals surface area contributed by atoms with E-state index in [-0.39, 0.29) is 0 Å². The molecule has 7 nitrogen and oxygen atoms in total. The summed E-state index contributed by atoms with van der Waals surface area (Å²) in [6.45, 7) is 3.46. The number of nitrogens with one attached hydrogen (secondary N) is 2. The SMILES string of the molecule is CCCNc1cc(NCc2ncon2)ncn1. The predicted molar refractivity (Wildman–Crippen MR) is 62.4 cm³/mol.